The number of nitrogens with zero attached hydrogens (tertiary/aromatic N) is 3. The smallest absolute Gasteiger partial charge is 0.322 e. The van der Waals surface area contributed by atoms with Gasteiger partial charge in [0.25, 0.3) is 5.91 Å². The maximum Gasteiger partial charge on any atom is 0.322 e. The van der Waals surface area contributed by atoms with Crippen LogP contribution in [-0.2, 0) is 18.4 Å². The van der Waals surface area contributed by atoms with Crippen LogP contribution in [0.2, 0.25) is 0 Å². The number of imide groups is 1. The molecular weight excluding hydrogens is 318 g/mol. The first-order chi connectivity index (χ1) is 11.9. The van der Waals surface area contributed by atoms with Gasteiger partial charge in [-0.25, -0.2) is 4.79 Å². The molecule has 1 aromatic heterocycles. The zero-order valence-electron chi connectivity index (χ0n) is 15.4. The van der Waals surface area contributed by atoms with Crippen molar-refractivity contribution in [3.8, 4) is 0 Å². The number of rotatable bonds is 6. The zero-order chi connectivity index (χ0) is 18.0. The minimum atomic E-state index is -0.720. The Kier molecular flexibility index (Phi) is 5.13. The van der Waals surface area contributed by atoms with Crippen LogP contribution in [0.15, 0.2) is 12.4 Å². The molecule has 2 N–H and O–H groups in total. The molecule has 2 aliphatic heterocycles. The highest BCUT2D eigenvalue weighted by Crippen LogP contribution is 2.35. The van der Waals surface area contributed by atoms with Gasteiger partial charge in [-0.3, -0.25) is 19.7 Å². The van der Waals surface area contributed by atoms with Crippen LogP contribution < -0.4 is 10.6 Å². The highest BCUT2D eigenvalue weighted by atomic mass is 16.2. The summed E-state index contributed by atoms with van der Waals surface area (Å²) in [6, 6.07) is -0.341. The molecule has 3 heterocycles. The molecule has 138 valence electrons. The first-order valence-electron chi connectivity index (χ1n) is 9.22. The normalized spacial score (nSPS) is 25.4. The fraction of sp³-hybridized carbons (Fsp3) is 0.722. The number of carbonyl (C=O) groups excluding carboxylic acids is 2. The molecule has 2 aliphatic rings. The van der Waals surface area contributed by atoms with Gasteiger partial charge in [0.2, 0.25) is 0 Å². The van der Waals surface area contributed by atoms with E-state index in [1.54, 1.807) is 0 Å². The van der Waals surface area contributed by atoms with Gasteiger partial charge in [-0.2, -0.15) is 5.10 Å². The number of hydrogen-bond acceptors (Lipinski definition) is 4. The predicted molar refractivity (Wildman–Crippen MR) is 94.7 cm³/mol. The lowest BCUT2D eigenvalue weighted by Gasteiger charge is -2.41. The third-order valence-electron chi connectivity index (χ3n) is 5.53. The molecule has 0 radical (unpaired) electrons. The molecule has 0 unspecified atom stereocenters. The number of urea groups is 1. The Labute approximate surface area is 149 Å². The molecular formula is C18H29N5O2. The first kappa shape index (κ1) is 17.9. The number of carbonyl (C=O) groups is 2. The Morgan fingerprint density at radius 1 is 1.32 bits per heavy atom. The molecule has 1 atom stereocenters. The van der Waals surface area contributed by atoms with Gasteiger partial charge in [0.15, 0.2) is 0 Å². The van der Waals surface area contributed by atoms with Crippen LogP contribution in [-0.4, -0.2) is 45.2 Å². The number of amides is 3. The maximum atomic E-state index is 12.6. The summed E-state index contributed by atoms with van der Waals surface area (Å²) in [5.41, 5.74) is 0.490. The lowest BCUT2D eigenvalue weighted by atomic mass is 9.74. The van der Waals surface area contributed by atoms with E-state index in [0.717, 1.165) is 45.3 Å². The first-order valence-corrected chi connectivity index (χ1v) is 9.22. The van der Waals surface area contributed by atoms with Gasteiger partial charge < -0.3 is 5.32 Å². The summed E-state index contributed by atoms with van der Waals surface area (Å²) >= 11 is 0. The molecule has 2 fully saturated rings. The topological polar surface area (TPSA) is 79.3 Å². The van der Waals surface area contributed by atoms with Gasteiger partial charge in [-0.15, -0.1) is 0 Å². The van der Waals surface area contributed by atoms with Crippen molar-refractivity contribution in [1.29, 1.82) is 0 Å². The van der Waals surface area contributed by atoms with E-state index in [1.807, 2.05) is 24.1 Å². The molecule has 2 saturated heterocycles. The summed E-state index contributed by atoms with van der Waals surface area (Å²) in [4.78, 5) is 26.8. The standard InChI is InChI=1S/C18H29N5O2/c1-13(2)4-7-18(16(24)20-17(25)21-18)15-5-8-23(9-6-15)12-14-10-19-22(3)11-14/h10-11,13,15H,4-9,12H2,1-3H3,(H2,20,21,24,25)/t18-/m0/s1. The Morgan fingerprint density at radius 2 is 2.04 bits per heavy atom. The van der Waals surface area contributed by atoms with E-state index in [2.05, 4.69) is 34.5 Å². The van der Waals surface area contributed by atoms with Crippen molar-refractivity contribution in [2.75, 3.05) is 13.1 Å². The van der Waals surface area contributed by atoms with Gasteiger partial charge in [0.05, 0.1) is 6.20 Å². The second-order valence-electron chi connectivity index (χ2n) is 7.88. The average Bonchev–Trinajstić information content (AvgIpc) is 3.09. The second-order valence-corrected chi connectivity index (χ2v) is 7.88. The van der Waals surface area contributed by atoms with E-state index >= 15 is 0 Å². The molecule has 1 aromatic rings. The Morgan fingerprint density at radius 3 is 2.56 bits per heavy atom. The molecule has 0 saturated carbocycles. The molecule has 0 spiro atoms. The van der Waals surface area contributed by atoms with Crippen molar-refractivity contribution in [3.05, 3.63) is 18.0 Å². The summed E-state index contributed by atoms with van der Waals surface area (Å²) in [6.45, 7) is 7.06. The highest BCUT2D eigenvalue weighted by Gasteiger charge is 2.51. The fourth-order valence-corrected chi connectivity index (χ4v) is 4.08. The SMILES string of the molecule is CC(C)CC[C@@]1(C2CCN(Cc3cnn(C)c3)CC2)NC(=O)NC1=O. The van der Waals surface area contributed by atoms with Crippen LogP contribution in [0, 0.1) is 11.8 Å². The van der Waals surface area contributed by atoms with E-state index in [9.17, 15) is 9.59 Å². The van der Waals surface area contributed by atoms with Crippen LogP contribution in [0.5, 0.6) is 0 Å². The molecule has 3 amide bonds. The van der Waals surface area contributed by atoms with Crippen molar-refractivity contribution in [3.63, 3.8) is 0 Å². The maximum absolute atomic E-state index is 12.6. The fourth-order valence-electron chi connectivity index (χ4n) is 4.08. The molecule has 0 aromatic carbocycles. The minimum absolute atomic E-state index is 0.135. The van der Waals surface area contributed by atoms with Crippen LogP contribution >= 0.6 is 0 Å². The van der Waals surface area contributed by atoms with Crippen molar-refractivity contribution >= 4 is 11.9 Å². The average molecular weight is 347 g/mol. The zero-order valence-corrected chi connectivity index (χ0v) is 15.4. The largest absolute Gasteiger partial charge is 0.323 e. The molecule has 7 heteroatoms. The van der Waals surface area contributed by atoms with Crippen molar-refractivity contribution < 1.29 is 9.59 Å². The number of hydrogen-bond donors (Lipinski definition) is 2. The minimum Gasteiger partial charge on any atom is -0.323 e. The highest BCUT2D eigenvalue weighted by molar-refractivity contribution is 6.07. The van der Waals surface area contributed by atoms with E-state index in [0.29, 0.717) is 5.92 Å². The van der Waals surface area contributed by atoms with Gasteiger partial charge in [-0.1, -0.05) is 13.8 Å². The summed E-state index contributed by atoms with van der Waals surface area (Å²) in [6.07, 6.45) is 7.44. The molecule has 7 nitrogen and oxygen atoms in total. The van der Waals surface area contributed by atoms with E-state index < -0.39 is 5.54 Å². The van der Waals surface area contributed by atoms with Crippen LogP contribution in [0.25, 0.3) is 0 Å². The molecule has 0 bridgehead atoms. The van der Waals surface area contributed by atoms with Crippen LogP contribution in [0.3, 0.4) is 0 Å². The van der Waals surface area contributed by atoms with E-state index in [1.165, 1.54) is 5.56 Å². The number of nitrogens with one attached hydrogen (secondary N) is 2. The predicted octanol–water partition coefficient (Wildman–Crippen LogP) is 1.65. The molecule has 0 aliphatic carbocycles. The number of piperidine rings is 1. The number of aryl methyl sites for hydroxylation is 1. The summed E-state index contributed by atoms with van der Waals surface area (Å²) in [5.74, 6) is 0.569. The van der Waals surface area contributed by atoms with Crippen LogP contribution in [0.1, 0.15) is 45.1 Å². The van der Waals surface area contributed by atoms with E-state index in [-0.39, 0.29) is 17.9 Å². The Balaban J connectivity index is 1.63. The summed E-state index contributed by atoms with van der Waals surface area (Å²) in [7, 11) is 1.93. The van der Waals surface area contributed by atoms with Crippen molar-refractivity contribution in [2.45, 2.75) is 51.6 Å². The van der Waals surface area contributed by atoms with Gasteiger partial charge in [-0.05, 0) is 50.6 Å². The lowest BCUT2D eigenvalue weighted by molar-refractivity contribution is -0.127. The third kappa shape index (κ3) is 3.86. The van der Waals surface area contributed by atoms with E-state index in [4.69, 9.17) is 0 Å². The second kappa shape index (κ2) is 7.15. The van der Waals surface area contributed by atoms with Gasteiger partial charge in [0, 0.05) is 25.4 Å². The van der Waals surface area contributed by atoms with Gasteiger partial charge >= 0.3 is 6.03 Å². The quantitative estimate of drug-likeness (QED) is 0.767. The third-order valence-corrected chi connectivity index (χ3v) is 5.53. The van der Waals surface area contributed by atoms with Crippen LogP contribution in [0.4, 0.5) is 4.79 Å². The van der Waals surface area contributed by atoms with Crippen molar-refractivity contribution in [1.82, 2.24) is 25.3 Å². The van der Waals surface area contributed by atoms with Crippen molar-refractivity contribution in [2.24, 2.45) is 18.9 Å². The number of likely N-dealkylation sites (tertiary alicyclic amines) is 1. The Hall–Kier alpha value is -1.89. The number of aromatic nitrogens is 2. The summed E-state index contributed by atoms with van der Waals surface area (Å²) < 4.78 is 1.82. The monoisotopic (exact) mass is 347 g/mol. The summed E-state index contributed by atoms with van der Waals surface area (Å²) in [5, 5.41) is 9.67. The van der Waals surface area contributed by atoms with Gasteiger partial charge in [0.1, 0.15) is 5.54 Å². The lowest BCUT2D eigenvalue weighted by Crippen LogP contribution is -2.56. The Bertz CT molecular complexity index is 633. The molecule has 25 heavy (non-hydrogen) atoms. The molecule has 3 rings (SSSR count).